The molecule has 0 spiro atoms. The standard InChI is InChI=1S/C14H18O/c1-5-11(3)12(4)13-7-9-14(10-8-13)15-6-2/h5,7-10H,1,6H2,2-4H3/b12-11-. The molecule has 0 heterocycles. The van der Waals surface area contributed by atoms with E-state index >= 15 is 0 Å². The number of allylic oxidation sites excluding steroid dienone is 3. The van der Waals surface area contributed by atoms with E-state index in [9.17, 15) is 0 Å². The van der Waals surface area contributed by atoms with E-state index in [1.165, 1.54) is 16.7 Å². The average molecular weight is 202 g/mol. The minimum atomic E-state index is 0.708. The second-order valence-corrected chi connectivity index (χ2v) is 3.47. The minimum absolute atomic E-state index is 0.708. The van der Waals surface area contributed by atoms with Crippen molar-refractivity contribution >= 4 is 5.57 Å². The highest BCUT2D eigenvalue weighted by Crippen LogP contribution is 2.21. The summed E-state index contributed by atoms with van der Waals surface area (Å²) < 4.78 is 5.39. The molecule has 0 atom stereocenters. The van der Waals surface area contributed by atoms with Gasteiger partial charge in [-0.1, -0.05) is 24.8 Å². The third-order valence-corrected chi connectivity index (χ3v) is 2.50. The summed E-state index contributed by atoms with van der Waals surface area (Å²) in [5.74, 6) is 0.922. The molecule has 1 rings (SSSR count). The van der Waals surface area contributed by atoms with Gasteiger partial charge >= 0.3 is 0 Å². The third kappa shape index (κ3) is 2.98. The highest BCUT2D eigenvalue weighted by atomic mass is 16.5. The van der Waals surface area contributed by atoms with Crippen LogP contribution in [0.4, 0.5) is 0 Å². The monoisotopic (exact) mass is 202 g/mol. The molecule has 0 saturated heterocycles. The largest absolute Gasteiger partial charge is 0.494 e. The van der Waals surface area contributed by atoms with Gasteiger partial charge in [0.2, 0.25) is 0 Å². The zero-order valence-corrected chi connectivity index (χ0v) is 9.71. The molecule has 0 radical (unpaired) electrons. The summed E-state index contributed by atoms with van der Waals surface area (Å²) in [4.78, 5) is 0. The molecule has 0 bridgehead atoms. The Kier molecular flexibility index (Phi) is 4.17. The third-order valence-electron chi connectivity index (χ3n) is 2.50. The molecule has 1 aromatic carbocycles. The Bertz CT molecular complexity index is 357. The summed E-state index contributed by atoms with van der Waals surface area (Å²) in [6.45, 7) is 10.6. The molecule has 0 aliphatic rings. The Morgan fingerprint density at radius 2 is 1.87 bits per heavy atom. The second-order valence-electron chi connectivity index (χ2n) is 3.47. The first-order valence-corrected chi connectivity index (χ1v) is 5.22. The molecule has 1 aromatic rings. The van der Waals surface area contributed by atoms with E-state index in [0.717, 1.165) is 5.75 Å². The van der Waals surface area contributed by atoms with E-state index in [0.29, 0.717) is 6.61 Å². The van der Waals surface area contributed by atoms with Gasteiger partial charge in [-0.2, -0.15) is 0 Å². The predicted molar refractivity (Wildman–Crippen MR) is 66.1 cm³/mol. The first-order chi connectivity index (χ1) is 7.19. The fourth-order valence-electron chi connectivity index (χ4n) is 1.35. The Morgan fingerprint density at radius 3 is 2.33 bits per heavy atom. The van der Waals surface area contributed by atoms with Crippen molar-refractivity contribution in [3.63, 3.8) is 0 Å². The molecule has 80 valence electrons. The smallest absolute Gasteiger partial charge is 0.119 e. The Balaban J connectivity index is 2.94. The lowest BCUT2D eigenvalue weighted by Gasteiger charge is -2.07. The van der Waals surface area contributed by atoms with Crippen molar-refractivity contribution < 1.29 is 4.74 Å². The van der Waals surface area contributed by atoms with Crippen LogP contribution < -0.4 is 4.74 Å². The van der Waals surface area contributed by atoms with Crippen LogP contribution in [-0.4, -0.2) is 6.61 Å². The van der Waals surface area contributed by atoms with Gasteiger partial charge in [0.15, 0.2) is 0 Å². The van der Waals surface area contributed by atoms with Crippen molar-refractivity contribution in [1.29, 1.82) is 0 Å². The van der Waals surface area contributed by atoms with Gasteiger partial charge in [0.25, 0.3) is 0 Å². The van der Waals surface area contributed by atoms with E-state index < -0.39 is 0 Å². The van der Waals surface area contributed by atoms with Gasteiger partial charge in [-0.05, 0) is 49.6 Å². The molecule has 1 heteroatoms. The molecule has 0 aliphatic carbocycles. The summed E-state index contributed by atoms with van der Waals surface area (Å²) in [5, 5.41) is 0. The molecular weight excluding hydrogens is 184 g/mol. The zero-order valence-electron chi connectivity index (χ0n) is 9.71. The van der Waals surface area contributed by atoms with Crippen molar-refractivity contribution in [2.75, 3.05) is 6.61 Å². The summed E-state index contributed by atoms with van der Waals surface area (Å²) >= 11 is 0. The van der Waals surface area contributed by atoms with Gasteiger partial charge < -0.3 is 4.74 Å². The van der Waals surface area contributed by atoms with Gasteiger partial charge in [0.1, 0.15) is 5.75 Å². The number of ether oxygens (including phenoxy) is 1. The van der Waals surface area contributed by atoms with Crippen LogP contribution in [0.25, 0.3) is 5.57 Å². The molecule has 0 N–H and O–H groups in total. The highest BCUT2D eigenvalue weighted by molar-refractivity contribution is 5.68. The average Bonchev–Trinajstić information content (AvgIpc) is 2.28. The van der Waals surface area contributed by atoms with Crippen LogP contribution in [0.3, 0.4) is 0 Å². The van der Waals surface area contributed by atoms with Crippen molar-refractivity contribution in [2.45, 2.75) is 20.8 Å². The maximum Gasteiger partial charge on any atom is 0.119 e. The molecule has 0 saturated carbocycles. The molecular formula is C14H18O. The van der Waals surface area contributed by atoms with Crippen LogP contribution in [0.1, 0.15) is 26.3 Å². The number of hydrogen-bond acceptors (Lipinski definition) is 1. The van der Waals surface area contributed by atoms with Crippen molar-refractivity contribution in [3.8, 4) is 5.75 Å². The lowest BCUT2D eigenvalue weighted by Crippen LogP contribution is -1.91. The molecule has 0 aliphatic heterocycles. The number of benzene rings is 1. The second kappa shape index (κ2) is 5.40. The van der Waals surface area contributed by atoms with Crippen LogP contribution >= 0.6 is 0 Å². The molecule has 15 heavy (non-hydrogen) atoms. The van der Waals surface area contributed by atoms with Crippen LogP contribution in [0.15, 0.2) is 42.5 Å². The molecule has 0 amide bonds. The molecule has 1 nitrogen and oxygen atoms in total. The van der Waals surface area contributed by atoms with E-state index in [2.05, 4.69) is 32.6 Å². The molecule has 0 aromatic heterocycles. The summed E-state index contributed by atoms with van der Waals surface area (Å²) in [5.41, 5.74) is 3.68. The van der Waals surface area contributed by atoms with Gasteiger partial charge in [0, 0.05) is 0 Å². The molecule has 0 unspecified atom stereocenters. The van der Waals surface area contributed by atoms with Crippen LogP contribution in [0, 0.1) is 0 Å². The minimum Gasteiger partial charge on any atom is -0.494 e. The van der Waals surface area contributed by atoms with Crippen LogP contribution in [0.5, 0.6) is 5.75 Å². The van der Waals surface area contributed by atoms with Gasteiger partial charge in [-0.25, -0.2) is 0 Å². The van der Waals surface area contributed by atoms with E-state index in [-0.39, 0.29) is 0 Å². The van der Waals surface area contributed by atoms with Crippen LogP contribution in [0.2, 0.25) is 0 Å². The first-order valence-electron chi connectivity index (χ1n) is 5.22. The van der Waals surface area contributed by atoms with Gasteiger partial charge in [0.05, 0.1) is 6.61 Å². The Morgan fingerprint density at radius 1 is 1.27 bits per heavy atom. The van der Waals surface area contributed by atoms with Gasteiger partial charge in [-0.3, -0.25) is 0 Å². The maximum atomic E-state index is 5.39. The first kappa shape index (κ1) is 11.6. The summed E-state index contributed by atoms with van der Waals surface area (Å²) in [6, 6.07) is 8.15. The fraction of sp³-hybridized carbons (Fsp3) is 0.286. The Labute approximate surface area is 92.1 Å². The predicted octanol–water partition coefficient (Wildman–Crippen LogP) is 4.06. The van der Waals surface area contributed by atoms with E-state index in [1.807, 2.05) is 25.1 Å². The fourth-order valence-corrected chi connectivity index (χ4v) is 1.35. The SMILES string of the molecule is C=C/C(C)=C(/C)c1ccc(OCC)cc1. The van der Waals surface area contributed by atoms with Gasteiger partial charge in [-0.15, -0.1) is 0 Å². The van der Waals surface area contributed by atoms with E-state index in [4.69, 9.17) is 4.74 Å². The van der Waals surface area contributed by atoms with Crippen molar-refractivity contribution in [3.05, 3.63) is 48.1 Å². The quantitative estimate of drug-likeness (QED) is 0.669. The lowest BCUT2D eigenvalue weighted by molar-refractivity contribution is 0.340. The molecule has 0 fully saturated rings. The normalized spacial score (nSPS) is 11.9. The summed E-state index contributed by atoms with van der Waals surface area (Å²) in [7, 11) is 0. The number of rotatable bonds is 4. The zero-order chi connectivity index (χ0) is 11.3. The van der Waals surface area contributed by atoms with Crippen LogP contribution in [-0.2, 0) is 0 Å². The van der Waals surface area contributed by atoms with Crippen molar-refractivity contribution in [2.24, 2.45) is 0 Å². The number of hydrogen-bond donors (Lipinski definition) is 0. The summed E-state index contributed by atoms with van der Waals surface area (Å²) in [6.07, 6.45) is 1.88. The maximum absolute atomic E-state index is 5.39. The van der Waals surface area contributed by atoms with Crippen molar-refractivity contribution in [1.82, 2.24) is 0 Å². The highest BCUT2D eigenvalue weighted by Gasteiger charge is 1.98. The topological polar surface area (TPSA) is 9.23 Å². The van der Waals surface area contributed by atoms with E-state index in [1.54, 1.807) is 0 Å². The lowest BCUT2D eigenvalue weighted by atomic mass is 10.0. The Hall–Kier alpha value is -1.50.